The lowest BCUT2D eigenvalue weighted by molar-refractivity contribution is -0.132. The summed E-state index contributed by atoms with van der Waals surface area (Å²) in [5.74, 6) is 0.723. The summed E-state index contributed by atoms with van der Waals surface area (Å²) in [6.45, 7) is 1.76. The number of imidazole rings is 1. The molecule has 1 unspecified atom stereocenters. The predicted octanol–water partition coefficient (Wildman–Crippen LogP) is 0.770. The lowest BCUT2D eigenvalue weighted by Gasteiger charge is -2.22. The van der Waals surface area contributed by atoms with Crippen LogP contribution in [-0.4, -0.2) is 57.9 Å². The van der Waals surface area contributed by atoms with E-state index in [2.05, 4.69) is 4.98 Å². The molecule has 0 spiro atoms. The second-order valence-electron chi connectivity index (χ2n) is 5.31. The molecule has 1 atom stereocenters. The first-order valence-corrected chi connectivity index (χ1v) is 7.34. The maximum atomic E-state index is 12.5. The third kappa shape index (κ3) is 3.35. The fourth-order valence-electron chi connectivity index (χ4n) is 2.55. The number of carbonyl (C=O) groups is 1. The number of aliphatic hydroxyl groups is 1. The molecule has 3 rings (SSSR count). The van der Waals surface area contributed by atoms with Crippen LogP contribution in [0.25, 0.3) is 11.4 Å². The molecular weight excluding hydrogens is 282 g/mol. The molecule has 2 heterocycles. The Morgan fingerprint density at radius 1 is 1.36 bits per heavy atom. The van der Waals surface area contributed by atoms with Gasteiger partial charge in [0.25, 0.3) is 0 Å². The van der Waals surface area contributed by atoms with Crippen molar-refractivity contribution in [3.05, 3.63) is 42.7 Å². The van der Waals surface area contributed by atoms with Crippen molar-refractivity contribution in [2.24, 2.45) is 0 Å². The molecule has 22 heavy (non-hydrogen) atoms. The van der Waals surface area contributed by atoms with Crippen molar-refractivity contribution in [3.63, 3.8) is 0 Å². The van der Waals surface area contributed by atoms with Crippen LogP contribution in [-0.2, 0) is 16.1 Å². The van der Waals surface area contributed by atoms with E-state index in [-0.39, 0.29) is 19.1 Å². The number of ether oxygens (including phenoxy) is 1. The van der Waals surface area contributed by atoms with Gasteiger partial charge in [0.1, 0.15) is 12.4 Å². The molecule has 0 radical (unpaired) electrons. The lowest BCUT2D eigenvalue weighted by Crippen LogP contribution is -2.39. The minimum atomic E-state index is -0.622. The zero-order chi connectivity index (χ0) is 15.4. The Hall–Kier alpha value is -2.18. The average Bonchev–Trinajstić information content (AvgIpc) is 2.88. The van der Waals surface area contributed by atoms with E-state index in [1.165, 1.54) is 0 Å². The number of hydrogen-bond acceptors (Lipinski definition) is 4. The van der Waals surface area contributed by atoms with E-state index in [1.807, 2.05) is 34.9 Å². The van der Waals surface area contributed by atoms with Crippen LogP contribution in [0.5, 0.6) is 0 Å². The number of rotatable bonds is 3. The Labute approximate surface area is 129 Å². The second-order valence-corrected chi connectivity index (χ2v) is 5.31. The minimum Gasteiger partial charge on any atom is -0.389 e. The highest BCUT2D eigenvalue weighted by Crippen LogP contribution is 2.17. The molecule has 1 aromatic heterocycles. The van der Waals surface area contributed by atoms with Crippen molar-refractivity contribution in [2.75, 3.05) is 26.3 Å². The highest BCUT2D eigenvalue weighted by molar-refractivity contribution is 5.76. The fraction of sp³-hybridized carbons (Fsp3) is 0.375. The monoisotopic (exact) mass is 301 g/mol. The standard InChI is InChI=1S/C16H19N3O3/c20-14-10-18(8-9-22-12-14)15(21)11-19-7-6-17-16(19)13-4-2-1-3-5-13/h1-7,14,20H,8-12H2. The van der Waals surface area contributed by atoms with Crippen molar-refractivity contribution >= 4 is 5.91 Å². The van der Waals surface area contributed by atoms with Crippen LogP contribution < -0.4 is 0 Å². The van der Waals surface area contributed by atoms with E-state index < -0.39 is 6.10 Å². The van der Waals surface area contributed by atoms with Gasteiger partial charge in [-0.25, -0.2) is 4.98 Å². The Morgan fingerprint density at radius 3 is 3.00 bits per heavy atom. The highest BCUT2D eigenvalue weighted by Gasteiger charge is 2.21. The average molecular weight is 301 g/mol. The van der Waals surface area contributed by atoms with Gasteiger partial charge in [-0.2, -0.15) is 0 Å². The minimum absolute atomic E-state index is 0.0419. The molecule has 116 valence electrons. The van der Waals surface area contributed by atoms with Crippen LogP contribution >= 0.6 is 0 Å². The summed E-state index contributed by atoms with van der Waals surface area (Å²) in [6, 6.07) is 9.76. The third-order valence-electron chi connectivity index (χ3n) is 3.65. The molecule has 1 fully saturated rings. The Morgan fingerprint density at radius 2 is 2.18 bits per heavy atom. The Bertz CT molecular complexity index is 627. The molecule has 0 saturated carbocycles. The first-order valence-electron chi connectivity index (χ1n) is 7.34. The molecule has 6 nitrogen and oxygen atoms in total. The van der Waals surface area contributed by atoms with E-state index in [4.69, 9.17) is 4.74 Å². The summed E-state index contributed by atoms with van der Waals surface area (Å²) < 4.78 is 7.08. The van der Waals surface area contributed by atoms with Crippen LogP contribution in [0.15, 0.2) is 42.7 Å². The zero-order valence-corrected chi connectivity index (χ0v) is 12.3. The zero-order valence-electron chi connectivity index (χ0n) is 12.3. The summed E-state index contributed by atoms with van der Waals surface area (Å²) in [4.78, 5) is 18.4. The van der Waals surface area contributed by atoms with Gasteiger partial charge in [0.05, 0.1) is 19.3 Å². The third-order valence-corrected chi connectivity index (χ3v) is 3.65. The van der Waals surface area contributed by atoms with Gasteiger partial charge >= 0.3 is 0 Å². The van der Waals surface area contributed by atoms with Gasteiger partial charge in [0.2, 0.25) is 5.91 Å². The molecule has 1 amide bonds. The Kier molecular flexibility index (Phi) is 4.50. The number of hydrogen-bond donors (Lipinski definition) is 1. The molecule has 2 aromatic rings. The van der Waals surface area contributed by atoms with Gasteiger partial charge in [0, 0.05) is 31.0 Å². The molecular formula is C16H19N3O3. The maximum absolute atomic E-state index is 12.5. The van der Waals surface area contributed by atoms with E-state index in [0.29, 0.717) is 19.7 Å². The van der Waals surface area contributed by atoms with Crippen LogP contribution in [0.2, 0.25) is 0 Å². The van der Waals surface area contributed by atoms with Gasteiger partial charge < -0.3 is 19.3 Å². The van der Waals surface area contributed by atoms with E-state index in [0.717, 1.165) is 11.4 Å². The second kappa shape index (κ2) is 6.72. The van der Waals surface area contributed by atoms with Crippen LogP contribution in [0.4, 0.5) is 0 Å². The van der Waals surface area contributed by atoms with Crippen molar-refractivity contribution in [1.29, 1.82) is 0 Å². The summed E-state index contributed by atoms with van der Waals surface area (Å²) in [6.07, 6.45) is 2.86. The summed E-state index contributed by atoms with van der Waals surface area (Å²) in [5, 5.41) is 9.73. The van der Waals surface area contributed by atoms with Gasteiger partial charge in [-0.05, 0) is 0 Å². The molecule has 1 N–H and O–H groups in total. The van der Waals surface area contributed by atoms with Crippen LogP contribution in [0.3, 0.4) is 0 Å². The summed E-state index contributed by atoms with van der Waals surface area (Å²) in [7, 11) is 0. The lowest BCUT2D eigenvalue weighted by atomic mass is 10.2. The van der Waals surface area contributed by atoms with Crippen LogP contribution in [0, 0.1) is 0 Å². The van der Waals surface area contributed by atoms with Crippen molar-refractivity contribution < 1.29 is 14.6 Å². The van der Waals surface area contributed by atoms with Crippen molar-refractivity contribution in [2.45, 2.75) is 12.6 Å². The molecule has 1 aromatic carbocycles. The summed E-state index contributed by atoms with van der Waals surface area (Å²) in [5.41, 5.74) is 0.972. The van der Waals surface area contributed by atoms with Gasteiger partial charge in [-0.15, -0.1) is 0 Å². The fourth-order valence-corrected chi connectivity index (χ4v) is 2.55. The molecule has 0 aliphatic carbocycles. The number of benzene rings is 1. The molecule has 6 heteroatoms. The smallest absolute Gasteiger partial charge is 0.242 e. The number of carbonyl (C=O) groups excluding carboxylic acids is 1. The predicted molar refractivity (Wildman–Crippen MR) is 81.1 cm³/mol. The topological polar surface area (TPSA) is 67.6 Å². The number of aliphatic hydroxyl groups excluding tert-OH is 1. The first-order chi connectivity index (χ1) is 10.7. The summed E-state index contributed by atoms with van der Waals surface area (Å²) >= 11 is 0. The molecule has 0 bridgehead atoms. The Balaban J connectivity index is 1.73. The molecule has 1 aliphatic heterocycles. The number of nitrogens with zero attached hydrogens (tertiary/aromatic N) is 3. The van der Waals surface area contributed by atoms with Gasteiger partial charge in [-0.1, -0.05) is 30.3 Å². The number of aromatic nitrogens is 2. The van der Waals surface area contributed by atoms with E-state index >= 15 is 0 Å². The van der Waals surface area contributed by atoms with Crippen molar-refractivity contribution in [3.8, 4) is 11.4 Å². The van der Waals surface area contributed by atoms with Crippen LogP contribution in [0.1, 0.15) is 0 Å². The van der Waals surface area contributed by atoms with Gasteiger partial charge in [0.15, 0.2) is 0 Å². The van der Waals surface area contributed by atoms with Gasteiger partial charge in [-0.3, -0.25) is 4.79 Å². The quantitative estimate of drug-likeness (QED) is 0.909. The SMILES string of the molecule is O=C(Cn1ccnc1-c1ccccc1)N1CCOCC(O)C1. The number of amides is 1. The molecule has 1 saturated heterocycles. The normalized spacial score (nSPS) is 19.0. The highest BCUT2D eigenvalue weighted by atomic mass is 16.5. The first kappa shape index (κ1) is 14.7. The number of β-amino-alcohol motifs (C(OH)–C–C–N with tert-alkyl or cyclic N) is 1. The van der Waals surface area contributed by atoms with E-state index in [1.54, 1.807) is 17.3 Å². The van der Waals surface area contributed by atoms with E-state index in [9.17, 15) is 9.90 Å². The largest absolute Gasteiger partial charge is 0.389 e. The maximum Gasteiger partial charge on any atom is 0.242 e. The van der Waals surface area contributed by atoms with Crippen molar-refractivity contribution in [1.82, 2.24) is 14.5 Å². The molecule has 1 aliphatic rings.